The highest BCUT2D eigenvalue weighted by molar-refractivity contribution is 9.10. The number of carbonyl (C=O) groups excluding carboxylic acids is 1. The molecular formula is C11H11BrN4O. The standard InChI is InChI=1S/C11H11BrN4O/c12-7-1-2-9(10(13)3-7)11(17)15-5-8-4-14-6-16-8/h1-4,6H,5,13H2,(H,14,16)(H,15,17). The summed E-state index contributed by atoms with van der Waals surface area (Å²) in [6, 6.07) is 5.16. The molecule has 0 saturated heterocycles. The Labute approximate surface area is 107 Å². The minimum atomic E-state index is -0.204. The van der Waals surface area contributed by atoms with Gasteiger partial charge in [0.15, 0.2) is 0 Å². The van der Waals surface area contributed by atoms with E-state index in [2.05, 4.69) is 31.2 Å². The number of aromatic amines is 1. The second kappa shape index (κ2) is 5.01. The molecule has 0 atom stereocenters. The lowest BCUT2D eigenvalue weighted by Gasteiger charge is -2.06. The van der Waals surface area contributed by atoms with E-state index in [9.17, 15) is 4.79 Å². The smallest absolute Gasteiger partial charge is 0.253 e. The molecule has 1 aromatic carbocycles. The average molecular weight is 295 g/mol. The van der Waals surface area contributed by atoms with Crippen LogP contribution in [0.15, 0.2) is 35.2 Å². The number of nitrogens with two attached hydrogens (primary N) is 1. The van der Waals surface area contributed by atoms with Gasteiger partial charge in [-0.1, -0.05) is 15.9 Å². The molecule has 0 aliphatic rings. The quantitative estimate of drug-likeness (QED) is 0.753. The number of anilines is 1. The van der Waals surface area contributed by atoms with Crippen molar-refractivity contribution in [3.63, 3.8) is 0 Å². The molecule has 0 unspecified atom stereocenters. The molecule has 2 aromatic rings. The van der Waals surface area contributed by atoms with Gasteiger partial charge in [-0.05, 0) is 18.2 Å². The van der Waals surface area contributed by atoms with Gasteiger partial charge in [0.1, 0.15) is 0 Å². The Morgan fingerprint density at radius 1 is 1.53 bits per heavy atom. The molecule has 1 heterocycles. The van der Waals surface area contributed by atoms with Gasteiger partial charge in [-0.15, -0.1) is 0 Å². The third-order valence-electron chi connectivity index (χ3n) is 2.25. The number of nitrogens with zero attached hydrogens (tertiary/aromatic N) is 1. The number of hydrogen-bond acceptors (Lipinski definition) is 3. The Hall–Kier alpha value is -1.82. The highest BCUT2D eigenvalue weighted by Crippen LogP contribution is 2.18. The molecule has 0 aliphatic carbocycles. The van der Waals surface area contributed by atoms with Crippen LogP contribution in [0.1, 0.15) is 16.1 Å². The van der Waals surface area contributed by atoms with E-state index in [0.29, 0.717) is 17.8 Å². The van der Waals surface area contributed by atoms with Crippen LogP contribution in [0.2, 0.25) is 0 Å². The maximum Gasteiger partial charge on any atom is 0.253 e. The molecule has 4 N–H and O–H groups in total. The summed E-state index contributed by atoms with van der Waals surface area (Å²) in [5, 5.41) is 2.76. The van der Waals surface area contributed by atoms with Gasteiger partial charge < -0.3 is 16.0 Å². The van der Waals surface area contributed by atoms with Crippen LogP contribution >= 0.6 is 15.9 Å². The van der Waals surface area contributed by atoms with Crippen LogP contribution < -0.4 is 11.1 Å². The van der Waals surface area contributed by atoms with E-state index in [4.69, 9.17) is 5.73 Å². The Morgan fingerprint density at radius 3 is 3.00 bits per heavy atom. The molecule has 0 spiro atoms. The van der Waals surface area contributed by atoms with Gasteiger partial charge in [0.25, 0.3) is 5.91 Å². The Balaban J connectivity index is 2.04. The lowest BCUT2D eigenvalue weighted by Crippen LogP contribution is -2.23. The maximum atomic E-state index is 11.8. The number of benzene rings is 1. The van der Waals surface area contributed by atoms with Gasteiger partial charge in [-0.3, -0.25) is 4.79 Å². The SMILES string of the molecule is Nc1cc(Br)ccc1C(=O)NCc1cnc[nH]1. The fourth-order valence-corrected chi connectivity index (χ4v) is 1.77. The van der Waals surface area contributed by atoms with Gasteiger partial charge in [0.2, 0.25) is 0 Å². The summed E-state index contributed by atoms with van der Waals surface area (Å²) < 4.78 is 0.847. The third-order valence-corrected chi connectivity index (χ3v) is 2.75. The minimum absolute atomic E-state index is 0.204. The summed E-state index contributed by atoms with van der Waals surface area (Å²) in [6.07, 6.45) is 3.22. The van der Waals surface area contributed by atoms with Crippen LogP contribution in [-0.4, -0.2) is 15.9 Å². The molecule has 6 heteroatoms. The number of rotatable bonds is 3. The molecular weight excluding hydrogens is 284 g/mol. The average Bonchev–Trinajstić information content (AvgIpc) is 2.78. The van der Waals surface area contributed by atoms with Crippen molar-refractivity contribution in [2.45, 2.75) is 6.54 Å². The van der Waals surface area contributed by atoms with Gasteiger partial charge in [-0.2, -0.15) is 0 Å². The van der Waals surface area contributed by atoms with Crippen LogP contribution in [0.4, 0.5) is 5.69 Å². The largest absolute Gasteiger partial charge is 0.398 e. The van der Waals surface area contributed by atoms with Crippen molar-refractivity contribution in [3.8, 4) is 0 Å². The van der Waals surface area contributed by atoms with Crippen LogP contribution in [0.3, 0.4) is 0 Å². The van der Waals surface area contributed by atoms with Crippen molar-refractivity contribution >= 4 is 27.5 Å². The number of nitrogen functional groups attached to an aromatic ring is 1. The topological polar surface area (TPSA) is 83.8 Å². The number of nitrogens with one attached hydrogen (secondary N) is 2. The van der Waals surface area contributed by atoms with Gasteiger partial charge in [0.05, 0.1) is 24.1 Å². The fourth-order valence-electron chi connectivity index (χ4n) is 1.39. The Bertz CT molecular complexity index is 524. The summed E-state index contributed by atoms with van der Waals surface area (Å²) in [5.74, 6) is -0.204. The summed E-state index contributed by atoms with van der Waals surface area (Å²) >= 11 is 3.29. The Morgan fingerprint density at radius 2 is 2.35 bits per heavy atom. The molecule has 0 bridgehead atoms. The molecule has 88 valence electrons. The zero-order chi connectivity index (χ0) is 12.3. The Kier molecular flexibility index (Phi) is 3.43. The van der Waals surface area contributed by atoms with Crippen molar-refractivity contribution < 1.29 is 4.79 Å². The molecule has 0 radical (unpaired) electrons. The summed E-state index contributed by atoms with van der Waals surface area (Å²) in [4.78, 5) is 18.6. The third kappa shape index (κ3) is 2.85. The van der Waals surface area contributed by atoms with E-state index >= 15 is 0 Å². The first-order valence-electron chi connectivity index (χ1n) is 4.97. The second-order valence-corrected chi connectivity index (χ2v) is 4.41. The number of aromatic nitrogens is 2. The highest BCUT2D eigenvalue weighted by atomic mass is 79.9. The van der Waals surface area contributed by atoms with Crippen LogP contribution in [-0.2, 0) is 6.54 Å². The number of carbonyl (C=O) groups is 1. The molecule has 1 aromatic heterocycles. The zero-order valence-corrected chi connectivity index (χ0v) is 10.5. The van der Waals surface area contributed by atoms with Crippen LogP contribution in [0.25, 0.3) is 0 Å². The fraction of sp³-hybridized carbons (Fsp3) is 0.0909. The summed E-state index contributed by atoms with van der Waals surface area (Å²) in [7, 11) is 0. The van der Waals surface area contributed by atoms with Crippen molar-refractivity contribution in [1.82, 2.24) is 15.3 Å². The van der Waals surface area contributed by atoms with E-state index in [1.165, 1.54) is 0 Å². The number of amides is 1. The number of H-pyrrole nitrogens is 1. The molecule has 1 amide bonds. The monoisotopic (exact) mass is 294 g/mol. The normalized spacial score (nSPS) is 10.2. The van der Waals surface area contributed by atoms with Gasteiger partial charge in [0, 0.05) is 16.4 Å². The molecule has 0 saturated carbocycles. The minimum Gasteiger partial charge on any atom is -0.398 e. The van der Waals surface area contributed by atoms with Crippen molar-refractivity contribution in [2.75, 3.05) is 5.73 Å². The molecule has 2 rings (SSSR count). The van der Waals surface area contributed by atoms with Crippen molar-refractivity contribution in [3.05, 3.63) is 46.5 Å². The van der Waals surface area contributed by atoms with E-state index in [1.807, 2.05) is 0 Å². The second-order valence-electron chi connectivity index (χ2n) is 3.49. The van der Waals surface area contributed by atoms with Crippen molar-refractivity contribution in [1.29, 1.82) is 0 Å². The van der Waals surface area contributed by atoms with Gasteiger partial charge >= 0.3 is 0 Å². The maximum absolute atomic E-state index is 11.8. The molecule has 17 heavy (non-hydrogen) atoms. The molecule has 5 nitrogen and oxygen atoms in total. The highest BCUT2D eigenvalue weighted by Gasteiger charge is 2.09. The van der Waals surface area contributed by atoms with E-state index < -0.39 is 0 Å². The zero-order valence-electron chi connectivity index (χ0n) is 8.90. The van der Waals surface area contributed by atoms with Gasteiger partial charge in [-0.25, -0.2) is 4.98 Å². The first-order chi connectivity index (χ1) is 8.16. The van der Waals surface area contributed by atoms with E-state index in [-0.39, 0.29) is 5.91 Å². The first-order valence-corrected chi connectivity index (χ1v) is 5.76. The molecule has 0 aliphatic heterocycles. The summed E-state index contributed by atoms with van der Waals surface area (Å²) in [5.41, 5.74) is 7.51. The lowest BCUT2D eigenvalue weighted by atomic mass is 10.1. The molecule has 0 fully saturated rings. The van der Waals surface area contributed by atoms with Crippen LogP contribution in [0, 0.1) is 0 Å². The first kappa shape index (κ1) is 11.7. The number of hydrogen-bond donors (Lipinski definition) is 3. The lowest BCUT2D eigenvalue weighted by molar-refractivity contribution is 0.0951. The number of halogens is 1. The predicted octanol–water partition coefficient (Wildman–Crippen LogP) is 1.68. The van der Waals surface area contributed by atoms with E-state index in [0.717, 1.165) is 10.2 Å². The number of imidazole rings is 1. The van der Waals surface area contributed by atoms with Crippen LogP contribution in [0.5, 0.6) is 0 Å². The van der Waals surface area contributed by atoms with E-state index in [1.54, 1.807) is 30.7 Å². The van der Waals surface area contributed by atoms with Crippen molar-refractivity contribution in [2.24, 2.45) is 0 Å². The summed E-state index contributed by atoms with van der Waals surface area (Å²) in [6.45, 7) is 0.397. The predicted molar refractivity (Wildman–Crippen MR) is 68.3 cm³/mol.